The fraction of sp³-hybridized carbons (Fsp3) is 0.250. The van der Waals surface area contributed by atoms with Gasteiger partial charge in [-0.1, -0.05) is 12.1 Å². The summed E-state index contributed by atoms with van der Waals surface area (Å²) in [6.45, 7) is 0. The van der Waals surface area contributed by atoms with Crippen LogP contribution in [0.25, 0.3) is 10.2 Å². The quantitative estimate of drug-likeness (QED) is 0.346. The lowest BCUT2D eigenvalue weighted by atomic mass is 10.3. The SMILES string of the molecule is O=C(O)OC(CCl)C(OC(=O)O)Sc1nc2ccccc2s1. The van der Waals surface area contributed by atoms with Gasteiger partial charge in [-0.3, -0.25) is 0 Å². The fourth-order valence-electron chi connectivity index (χ4n) is 1.57. The van der Waals surface area contributed by atoms with Crippen LogP contribution in [0.15, 0.2) is 28.6 Å². The molecule has 118 valence electrons. The summed E-state index contributed by atoms with van der Waals surface area (Å²) in [6.07, 6.45) is -4.26. The summed E-state index contributed by atoms with van der Waals surface area (Å²) < 4.78 is 10.7. The van der Waals surface area contributed by atoms with Crippen LogP contribution in [-0.2, 0) is 9.47 Å². The van der Waals surface area contributed by atoms with Gasteiger partial charge in [-0.15, -0.1) is 22.9 Å². The zero-order chi connectivity index (χ0) is 16.1. The number of para-hydroxylation sites is 1. The van der Waals surface area contributed by atoms with E-state index in [-0.39, 0.29) is 5.88 Å². The van der Waals surface area contributed by atoms with E-state index in [1.165, 1.54) is 11.3 Å². The van der Waals surface area contributed by atoms with Crippen LogP contribution in [0, 0.1) is 0 Å². The molecule has 2 atom stereocenters. The lowest BCUT2D eigenvalue weighted by Crippen LogP contribution is -2.33. The molecule has 22 heavy (non-hydrogen) atoms. The van der Waals surface area contributed by atoms with Crippen molar-refractivity contribution in [1.82, 2.24) is 4.98 Å². The van der Waals surface area contributed by atoms with Crippen LogP contribution >= 0.6 is 34.7 Å². The van der Waals surface area contributed by atoms with E-state index in [9.17, 15) is 9.59 Å². The molecular weight excluding hydrogens is 354 g/mol. The second-order valence-electron chi connectivity index (χ2n) is 3.89. The highest BCUT2D eigenvalue weighted by molar-refractivity contribution is 8.01. The molecule has 2 unspecified atom stereocenters. The van der Waals surface area contributed by atoms with Crippen molar-refractivity contribution < 1.29 is 29.3 Å². The predicted octanol–water partition coefficient (Wildman–Crippen LogP) is 3.71. The molecule has 0 bridgehead atoms. The van der Waals surface area contributed by atoms with Crippen LogP contribution in [0.5, 0.6) is 0 Å². The number of alkyl halides is 1. The minimum atomic E-state index is -1.56. The van der Waals surface area contributed by atoms with Gasteiger partial charge in [0.2, 0.25) is 0 Å². The van der Waals surface area contributed by atoms with Crippen LogP contribution < -0.4 is 0 Å². The summed E-state index contributed by atoms with van der Waals surface area (Å²) in [4.78, 5) is 25.7. The van der Waals surface area contributed by atoms with Crippen molar-refractivity contribution >= 4 is 57.2 Å². The standard InChI is InChI=1S/C12H10ClNO6S2/c13-5-7(19-11(15)16)9(20-12(17)18)22-10-14-6-3-1-2-4-8(6)21-10/h1-4,7,9H,5H2,(H,15,16)(H,17,18). The normalized spacial score (nSPS) is 13.5. The number of benzene rings is 1. The van der Waals surface area contributed by atoms with E-state index in [4.69, 9.17) is 21.8 Å². The van der Waals surface area contributed by atoms with E-state index >= 15 is 0 Å². The first-order valence-electron chi connectivity index (χ1n) is 5.87. The third kappa shape index (κ3) is 4.39. The number of ether oxygens (including phenoxy) is 2. The van der Waals surface area contributed by atoms with Crippen molar-refractivity contribution in [1.29, 1.82) is 0 Å². The molecule has 0 amide bonds. The molecule has 0 aliphatic heterocycles. The summed E-state index contributed by atoms with van der Waals surface area (Å²) >= 11 is 7.92. The Morgan fingerprint density at radius 2 is 1.95 bits per heavy atom. The minimum Gasteiger partial charge on any atom is -0.450 e. The maximum atomic E-state index is 10.8. The summed E-state index contributed by atoms with van der Waals surface area (Å²) in [5, 5.41) is 17.5. The van der Waals surface area contributed by atoms with E-state index in [2.05, 4.69) is 14.5 Å². The van der Waals surface area contributed by atoms with Crippen molar-refractivity contribution in [2.24, 2.45) is 0 Å². The van der Waals surface area contributed by atoms with Crippen molar-refractivity contribution in [2.45, 2.75) is 15.9 Å². The summed E-state index contributed by atoms with van der Waals surface area (Å²) in [7, 11) is 0. The lowest BCUT2D eigenvalue weighted by Gasteiger charge is -2.21. The highest BCUT2D eigenvalue weighted by Crippen LogP contribution is 2.34. The second kappa shape index (κ2) is 7.52. The summed E-state index contributed by atoms with van der Waals surface area (Å²) in [5.74, 6) is -0.248. The van der Waals surface area contributed by atoms with Gasteiger partial charge < -0.3 is 19.7 Å². The molecule has 0 fully saturated rings. The van der Waals surface area contributed by atoms with Gasteiger partial charge in [0.15, 0.2) is 15.9 Å². The van der Waals surface area contributed by atoms with Crippen LogP contribution in [0.3, 0.4) is 0 Å². The Labute approximate surface area is 137 Å². The molecule has 0 aliphatic carbocycles. The maximum Gasteiger partial charge on any atom is 0.507 e. The zero-order valence-corrected chi connectivity index (χ0v) is 13.2. The third-order valence-electron chi connectivity index (χ3n) is 2.42. The molecule has 0 radical (unpaired) electrons. The highest BCUT2D eigenvalue weighted by atomic mass is 35.5. The van der Waals surface area contributed by atoms with Crippen LogP contribution in [0.1, 0.15) is 0 Å². The number of hydrogen-bond acceptors (Lipinski definition) is 7. The lowest BCUT2D eigenvalue weighted by molar-refractivity contribution is 0.00110. The number of nitrogens with zero attached hydrogens (tertiary/aromatic N) is 1. The van der Waals surface area contributed by atoms with Crippen molar-refractivity contribution in [2.75, 3.05) is 5.88 Å². The Morgan fingerprint density at radius 1 is 1.27 bits per heavy atom. The first kappa shape index (κ1) is 16.7. The average Bonchev–Trinajstić information content (AvgIpc) is 2.85. The molecule has 2 N–H and O–H groups in total. The smallest absolute Gasteiger partial charge is 0.450 e. The molecule has 0 spiro atoms. The number of thiazole rings is 1. The number of carbonyl (C=O) groups is 2. The molecular formula is C12H10ClNO6S2. The number of thioether (sulfide) groups is 1. The minimum absolute atomic E-state index is 0.248. The predicted molar refractivity (Wildman–Crippen MR) is 82.0 cm³/mol. The Balaban J connectivity index is 2.20. The molecule has 0 saturated heterocycles. The summed E-state index contributed by atoms with van der Waals surface area (Å²) in [5.41, 5.74) is -0.391. The van der Waals surface area contributed by atoms with Crippen molar-refractivity contribution in [3.05, 3.63) is 24.3 Å². The van der Waals surface area contributed by atoms with E-state index in [1.807, 2.05) is 24.3 Å². The molecule has 0 aliphatic rings. The van der Waals surface area contributed by atoms with E-state index < -0.39 is 23.9 Å². The topological polar surface area (TPSA) is 106 Å². The molecule has 1 aromatic heterocycles. The number of carboxylic acid groups (broad SMARTS) is 2. The van der Waals surface area contributed by atoms with Gasteiger partial charge in [0.25, 0.3) is 0 Å². The van der Waals surface area contributed by atoms with E-state index in [0.717, 1.165) is 22.0 Å². The van der Waals surface area contributed by atoms with Crippen molar-refractivity contribution in [3.63, 3.8) is 0 Å². The largest absolute Gasteiger partial charge is 0.507 e. The Kier molecular flexibility index (Phi) is 5.69. The monoisotopic (exact) mass is 363 g/mol. The first-order chi connectivity index (χ1) is 10.5. The molecule has 7 nitrogen and oxygen atoms in total. The third-order valence-corrected chi connectivity index (χ3v) is 5.01. The number of fused-ring (bicyclic) bond motifs is 1. The van der Waals surface area contributed by atoms with Gasteiger partial charge in [-0.05, 0) is 23.9 Å². The number of rotatable bonds is 6. The molecule has 2 aromatic rings. The van der Waals surface area contributed by atoms with Crippen LogP contribution in [0.2, 0.25) is 0 Å². The zero-order valence-electron chi connectivity index (χ0n) is 10.8. The molecule has 1 heterocycles. The average molecular weight is 364 g/mol. The van der Waals surface area contributed by atoms with Gasteiger partial charge in [-0.25, -0.2) is 14.6 Å². The summed E-state index contributed by atoms with van der Waals surface area (Å²) in [6, 6.07) is 7.37. The van der Waals surface area contributed by atoms with Crippen LogP contribution in [-0.4, -0.2) is 44.9 Å². The molecule has 10 heteroatoms. The Bertz CT molecular complexity index is 645. The highest BCUT2D eigenvalue weighted by Gasteiger charge is 2.30. The Hall–Kier alpha value is -1.71. The van der Waals surface area contributed by atoms with Gasteiger partial charge in [0, 0.05) is 0 Å². The second-order valence-corrected chi connectivity index (χ2v) is 6.58. The fourth-order valence-corrected chi connectivity index (χ4v) is 4.12. The number of hydrogen-bond donors (Lipinski definition) is 2. The van der Waals surface area contributed by atoms with E-state index in [1.54, 1.807) is 0 Å². The van der Waals surface area contributed by atoms with E-state index in [0.29, 0.717) is 4.34 Å². The van der Waals surface area contributed by atoms with Gasteiger partial charge in [-0.2, -0.15) is 0 Å². The maximum absolute atomic E-state index is 10.8. The number of aromatic nitrogens is 1. The van der Waals surface area contributed by atoms with Crippen molar-refractivity contribution in [3.8, 4) is 0 Å². The Morgan fingerprint density at radius 3 is 2.55 bits per heavy atom. The molecule has 0 saturated carbocycles. The number of halogens is 1. The van der Waals surface area contributed by atoms with Gasteiger partial charge >= 0.3 is 12.3 Å². The van der Waals surface area contributed by atoms with Gasteiger partial charge in [0.05, 0.1) is 16.1 Å². The van der Waals surface area contributed by atoms with Gasteiger partial charge in [0.1, 0.15) is 0 Å². The van der Waals surface area contributed by atoms with Crippen LogP contribution in [0.4, 0.5) is 9.59 Å². The molecule has 2 rings (SSSR count). The first-order valence-corrected chi connectivity index (χ1v) is 8.10. The molecule has 1 aromatic carbocycles.